The number of aromatic amines is 1. The van der Waals surface area contributed by atoms with E-state index in [0.29, 0.717) is 6.54 Å². The zero-order valence-corrected chi connectivity index (χ0v) is 17.6. The highest BCUT2D eigenvalue weighted by molar-refractivity contribution is 7.18. The Hall–Kier alpha value is -3.00. The smallest absolute Gasteiger partial charge is 0.262 e. The first-order valence-corrected chi connectivity index (χ1v) is 11.2. The molecule has 1 amide bonds. The lowest BCUT2D eigenvalue weighted by molar-refractivity contribution is -0.122. The Balaban J connectivity index is 1.28. The molecule has 3 heterocycles. The topological polar surface area (TPSA) is 92.7 Å². The van der Waals surface area contributed by atoms with Gasteiger partial charge in [-0.3, -0.25) is 14.2 Å². The van der Waals surface area contributed by atoms with Crippen molar-refractivity contribution in [3.8, 4) is 0 Å². The molecular weight excluding hydrogens is 398 g/mol. The first kappa shape index (κ1) is 19.0. The largest absolute Gasteiger partial charge is 0.346 e. The molecule has 8 heteroatoms. The van der Waals surface area contributed by atoms with Crippen molar-refractivity contribution in [1.82, 2.24) is 24.8 Å². The van der Waals surface area contributed by atoms with Gasteiger partial charge in [-0.2, -0.15) is 0 Å². The summed E-state index contributed by atoms with van der Waals surface area (Å²) in [6.45, 7) is 2.21. The third kappa shape index (κ3) is 3.41. The number of rotatable bonds is 5. The predicted octanol–water partition coefficient (Wildman–Crippen LogP) is 3.48. The SMILES string of the molecule is CC(NC(=O)CCn1cnc2sc3c(c2c1=O)CCCC3)c1nc2ccccc2[nH]1. The molecule has 5 rings (SSSR count). The molecule has 0 aliphatic heterocycles. The van der Waals surface area contributed by atoms with Crippen LogP contribution in [0, 0.1) is 0 Å². The monoisotopic (exact) mass is 421 g/mol. The maximum atomic E-state index is 13.0. The molecule has 4 aromatic rings. The second-order valence-corrected chi connectivity index (χ2v) is 8.90. The molecule has 0 saturated heterocycles. The Labute approximate surface area is 177 Å². The van der Waals surface area contributed by atoms with E-state index in [4.69, 9.17) is 0 Å². The van der Waals surface area contributed by atoms with Crippen molar-refractivity contribution in [2.45, 2.75) is 51.6 Å². The number of nitrogens with one attached hydrogen (secondary N) is 2. The van der Waals surface area contributed by atoms with Gasteiger partial charge in [-0.15, -0.1) is 11.3 Å². The van der Waals surface area contributed by atoms with E-state index in [0.717, 1.165) is 46.3 Å². The Kier molecular flexibility index (Phi) is 4.86. The molecule has 1 aromatic carbocycles. The zero-order chi connectivity index (χ0) is 20.7. The Morgan fingerprint density at radius 1 is 1.30 bits per heavy atom. The maximum Gasteiger partial charge on any atom is 0.262 e. The summed E-state index contributed by atoms with van der Waals surface area (Å²) < 4.78 is 1.56. The average molecular weight is 422 g/mol. The molecule has 0 bridgehead atoms. The van der Waals surface area contributed by atoms with Gasteiger partial charge < -0.3 is 10.3 Å². The van der Waals surface area contributed by atoms with Crippen molar-refractivity contribution in [2.75, 3.05) is 0 Å². The molecule has 0 fully saturated rings. The molecule has 0 radical (unpaired) electrons. The minimum Gasteiger partial charge on any atom is -0.346 e. The van der Waals surface area contributed by atoms with Crippen molar-refractivity contribution in [3.05, 3.63) is 57.2 Å². The number of thiophene rings is 1. The van der Waals surface area contributed by atoms with E-state index in [1.165, 1.54) is 16.9 Å². The number of imidazole rings is 1. The molecule has 0 spiro atoms. The Morgan fingerprint density at radius 3 is 3.00 bits per heavy atom. The lowest BCUT2D eigenvalue weighted by Gasteiger charge is -2.12. The van der Waals surface area contributed by atoms with Crippen LogP contribution in [0.1, 0.15) is 48.5 Å². The van der Waals surface area contributed by atoms with Gasteiger partial charge >= 0.3 is 0 Å². The lowest BCUT2D eigenvalue weighted by atomic mass is 9.97. The van der Waals surface area contributed by atoms with Crippen molar-refractivity contribution in [2.24, 2.45) is 0 Å². The molecule has 7 nitrogen and oxygen atoms in total. The highest BCUT2D eigenvalue weighted by atomic mass is 32.1. The van der Waals surface area contributed by atoms with Crippen molar-refractivity contribution in [3.63, 3.8) is 0 Å². The number of H-pyrrole nitrogens is 1. The fourth-order valence-electron chi connectivity index (χ4n) is 4.12. The molecular formula is C22H23N5O2S. The number of fused-ring (bicyclic) bond motifs is 4. The Morgan fingerprint density at radius 2 is 2.13 bits per heavy atom. The number of para-hydroxylation sites is 2. The van der Waals surface area contributed by atoms with Crippen LogP contribution in [-0.2, 0) is 24.2 Å². The summed E-state index contributed by atoms with van der Waals surface area (Å²) >= 11 is 1.64. The average Bonchev–Trinajstić information content (AvgIpc) is 3.35. The molecule has 1 aliphatic rings. The maximum absolute atomic E-state index is 13.0. The van der Waals surface area contributed by atoms with Crippen molar-refractivity contribution >= 4 is 38.5 Å². The third-order valence-electron chi connectivity index (χ3n) is 5.72. The van der Waals surface area contributed by atoms with Crippen molar-refractivity contribution in [1.29, 1.82) is 0 Å². The second kappa shape index (κ2) is 7.68. The van der Waals surface area contributed by atoms with Gasteiger partial charge in [0.1, 0.15) is 10.7 Å². The predicted molar refractivity (Wildman–Crippen MR) is 118 cm³/mol. The molecule has 1 aliphatic carbocycles. The van der Waals surface area contributed by atoms with Crippen LogP contribution < -0.4 is 10.9 Å². The van der Waals surface area contributed by atoms with Gasteiger partial charge in [-0.25, -0.2) is 9.97 Å². The molecule has 1 atom stereocenters. The van der Waals surface area contributed by atoms with Crippen LogP contribution in [0.25, 0.3) is 21.3 Å². The molecule has 1 unspecified atom stereocenters. The number of carbonyl (C=O) groups is 1. The number of nitrogens with zero attached hydrogens (tertiary/aromatic N) is 3. The molecule has 2 N–H and O–H groups in total. The number of carbonyl (C=O) groups excluding carboxylic acids is 1. The van der Waals surface area contributed by atoms with Gasteiger partial charge in [0.05, 0.1) is 28.8 Å². The van der Waals surface area contributed by atoms with Crippen LogP contribution >= 0.6 is 11.3 Å². The van der Waals surface area contributed by atoms with E-state index >= 15 is 0 Å². The second-order valence-electron chi connectivity index (χ2n) is 7.81. The summed E-state index contributed by atoms with van der Waals surface area (Å²) in [4.78, 5) is 39.9. The number of aryl methyl sites for hydroxylation is 3. The van der Waals surface area contributed by atoms with E-state index in [1.54, 1.807) is 22.2 Å². The fourth-order valence-corrected chi connectivity index (χ4v) is 5.34. The van der Waals surface area contributed by atoms with Gasteiger partial charge in [0.2, 0.25) is 5.91 Å². The molecule has 30 heavy (non-hydrogen) atoms. The highest BCUT2D eigenvalue weighted by Gasteiger charge is 2.20. The summed E-state index contributed by atoms with van der Waals surface area (Å²) in [6, 6.07) is 7.53. The fraction of sp³-hybridized carbons (Fsp3) is 0.364. The van der Waals surface area contributed by atoms with Gasteiger partial charge in [0.25, 0.3) is 5.56 Å². The van der Waals surface area contributed by atoms with Crippen LogP contribution in [-0.4, -0.2) is 25.4 Å². The standard InChI is InChI=1S/C22H23N5O2S/c1-13(20-25-15-7-3-4-8-16(15)26-20)24-18(28)10-11-27-12-23-21-19(22(27)29)14-6-2-5-9-17(14)30-21/h3-4,7-8,12-13H,2,5-6,9-11H2,1H3,(H,24,28)(H,25,26). The minimum absolute atomic E-state index is 0.0301. The number of aromatic nitrogens is 4. The van der Waals surface area contributed by atoms with Crippen LogP contribution in [0.4, 0.5) is 0 Å². The van der Waals surface area contributed by atoms with E-state index in [2.05, 4.69) is 20.3 Å². The normalized spacial score (nSPS) is 14.7. The number of hydrogen-bond donors (Lipinski definition) is 2. The van der Waals surface area contributed by atoms with Crippen LogP contribution in [0.3, 0.4) is 0 Å². The first-order valence-electron chi connectivity index (χ1n) is 10.3. The van der Waals surface area contributed by atoms with Crippen molar-refractivity contribution < 1.29 is 4.79 Å². The van der Waals surface area contributed by atoms with Crippen LogP contribution in [0.5, 0.6) is 0 Å². The summed E-state index contributed by atoms with van der Waals surface area (Å²) in [5, 5.41) is 3.72. The molecule has 154 valence electrons. The first-order chi connectivity index (χ1) is 14.6. The van der Waals surface area contributed by atoms with Crippen LogP contribution in [0.15, 0.2) is 35.4 Å². The summed E-state index contributed by atoms with van der Waals surface area (Å²) in [6.07, 6.45) is 6.07. The van der Waals surface area contributed by atoms with E-state index in [-0.39, 0.29) is 23.9 Å². The minimum atomic E-state index is -0.244. The molecule has 3 aromatic heterocycles. The Bertz CT molecular complexity index is 1270. The van der Waals surface area contributed by atoms with Gasteiger partial charge in [0.15, 0.2) is 0 Å². The van der Waals surface area contributed by atoms with E-state index in [1.807, 2.05) is 31.2 Å². The van der Waals surface area contributed by atoms with E-state index < -0.39 is 0 Å². The number of benzene rings is 1. The van der Waals surface area contributed by atoms with Gasteiger partial charge in [-0.1, -0.05) is 12.1 Å². The highest BCUT2D eigenvalue weighted by Crippen LogP contribution is 2.33. The van der Waals surface area contributed by atoms with E-state index in [9.17, 15) is 9.59 Å². The summed E-state index contributed by atoms with van der Waals surface area (Å²) in [5.74, 6) is 0.594. The quantitative estimate of drug-likeness (QED) is 0.516. The number of amides is 1. The lowest BCUT2D eigenvalue weighted by Crippen LogP contribution is -2.30. The van der Waals surface area contributed by atoms with Crippen LogP contribution in [0.2, 0.25) is 0 Å². The summed E-state index contributed by atoms with van der Waals surface area (Å²) in [7, 11) is 0. The molecule has 0 saturated carbocycles. The van der Waals surface area contributed by atoms with Gasteiger partial charge in [0, 0.05) is 17.8 Å². The van der Waals surface area contributed by atoms with Gasteiger partial charge in [-0.05, 0) is 50.3 Å². The summed E-state index contributed by atoms with van der Waals surface area (Å²) in [5.41, 5.74) is 2.96. The third-order valence-corrected chi connectivity index (χ3v) is 6.92. The zero-order valence-electron chi connectivity index (χ0n) is 16.8. The number of hydrogen-bond acceptors (Lipinski definition) is 5.